The van der Waals surface area contributed by atoms with Crippen LogP contribution in [0, 0.1) is 5.92 Å². The Balaban J connectivity index is 1.63. The quantitative estimate of drug-likeness (QED) is 0.705. The number of nitrogens with one attached hydrogen (secondary N) is 1. The molecule has 2 aromatic rings. The first-order chi connectivity index (χ1) is 13.6. The second-order valence-electron chi connectivity index (χ2n) is 7.18. The minimum atomic E-state index is -3.91. The summed E-state index contributed by atoms with van der Waals surface area (Å²) in [6, 6.07) is 5.66. The van der Waals surface area contributed by atoms with E-state index < -0.39 is 19.9 Å². The summed E-state index contributed by atoms with van der Waals surface area (Å²) >= 11 is 0. The van der Waals surface area contributed by atoms with Gasteiger partial charge >= 0.3 is 0 Å². The van der Waals surface area contributed by atoms with Crippen LogP contribution in [0.2, 0.25) is 0 Å². The Labute approximate surface area is 170 Å². The fourth-order valence-electron chi connectivity index (χ4n) is 3.34. The monoisotopic (exact) mass is 440 g/mol. The van der Waals surface area contributed by atoms with E-state index >= 15 is 0 Å². The van der Waals surface area contributed by atoms with E-state index in [0.29, 0.717) is 24.9 Å². The maximum absolute atomic E-state index is 13.0. The highest BCUT2D eigenvalue weighted by Crippen LogP contribution is 2.27. The molecule has 1 saturated heterocycles. The number of carbonyl (C=O) groups is 1. The van der Waals surface area contributed by atoms with Gasteiger partial charge in [-0.05, 0) is 30.9 Å². The number of hydrogen-bond donors (Lipinski definition) is 1. The second-order valence-corrected chi connectivity index (χ2v) is 11.1. The van der Waals surface area contributed by atoms with Gasteiger partial charge in [0.05, 0.1) is 16.7 Å². The third-order valence-corrected chi connectivity index (χ3v) is 8.20. The molecule has 0 radical (unpaired) electrons. The molecule has 1 aromatic carbocycles. The summed E-state index contributed by atoms with van der Waals surface area (Å²) in [7, 11) is -5.85. The molecule has 1 N–H and O–H groups in total. The lowest BCUT2D eigenvalue weighted by atomic mass is 9.98. The van der Waals surface area contributed by atoms with Crippen LogP contribution in [0.4, 0.5) is 0 Å². The molecule has 9 nitrogen and oxygen atoms in total. The van der Waals surface area contributed by atoms with E-state index in [-0.39, 0.29) is 34.7 Å². The zero-order chi connectivity index (χ0) is 21.2. The van der Waals surface area contributed by atoms with E-state index in [1.54, 1.807) is 17.9 Å². The fourth-order valence-corrected chi connectivity index (χ4v) is 6.41. The first-order valence-corrected chi connectivity index (χ1v) is 12.5. The molecule has 1 aliphatic rings. The number of aryl methyl sites for hydroxylation is 1. The first kappa shape index (κ1) is 21.5. The third-order valence-electron chi connectivity index (χ3n) is 4.96. The summed E-state index contributed by atoms with van der Waals surface area (Å²) in [5, 5.41) is 6.82. The van der Waals surface area contributed by atoms with Crippen LogP contribution in [0.25, 0.3) is 0 Å². The molecule has 0 spiro atoms. The number of amides is 1. The average molecular weight is 441 g/mol. The Bertz CT molecular complexity index is 1100. The molecule has 1 amide bonds. The Hall–Kier alpha value is -2.24. The zero-order valence-corrected chi connectivity index (χ0v) is 17.9. The van der Waals surface area contributed by atoms with Crippen molar-refractivity contribution in [1.82, 2.24) is 19.4 Å². The minimum Gasteiger partial charge on any atom is -0.352 e. The van der Waals surface area contributed by atoms with Crippen LogP contribution in [0.1, 0.15) is 23.2 Å². The molecule has 158 valence electrons. The van der Waals surface area contributed by atoms with Crippen molar-refractivity contribution in [3.8, 4) is 0 Å². The number of sulfonamides is 1. The number of rotatable bonds is 6. The van der Waals surface area contributed by atoms with Crippen molar-refractivity contribution < 1.29 is 21.6 Å². The highest BCUT2D eigenvalue weighted by atomic mass is 32.2. The summed E-state index contributed by atoms with van der Waals surface area (Å²) < 4.78 is 52.8. The van der Waals surface area contributed by atoms with Crippen LogP contribution in [-0.4, -0.2) is 62.7 Å². The van der Waals surface area contributed by atoms with Gasteiger partial charge < -0.3 is 5.32 Å². The van der Waals surface area contributed by atoms with Crippen LogP contribution in [0.3, 0.4) is 0 Å². The number of benzene rings is 1. The Morgan fingerprint density at radius 1 is 1.14 bits per heavy atom. The normalized spacial score (nSPS) is 16.6. The average Bonchev–Trinajstić information content (AvgIpc) is 3.12. The van der Waals surface area contributed by atoms with E-state index in [4.69, 9.17) is 0 Å². The van der Waals surface area contributed by atoms with Crippen LogP contribution in [-0.2, 0) is 26.9 Å². The van der Waals surface area contributed by atoms with Gasteiger partial charge in [-0.1, -0.05) is 12.1 Å². The van der Waals surface area contributed by atoms with E-state index in [0.717, 1.165) is 6.26 Å². The Kier molecular flexibility index (Phi) is 6.11. The Morgan fingerprint density at radius 2 is 1.76 bits per heavy atom. The minimum absolute atomic E-state index is 0.146. The van der Waals surface area contributed by atoms with Crippen molar-refractivity contribution in [3.63, 3.8) is 0 Å². The summed E-state index contributed by atoms with van der Waals surface area (Å²) in [6.45, 7) is 0.989. The van der Waals surface area contributed by atoms with E-state index in [9.17, 15) is 21.6 Å². The smallest absolute Gasteiger partial charge is 0.254 e. The molecule has 29 heavy (non-hydrogen) atoms. The van der Waals surface area contributed by atoms with Crippen molar-refractivity contribution in [2.45, 2.75) is 22.6 Å². The first-order valence-electron chi connectivity index (χ1n) is 9.15. The van der Waals surface area contributed by atoms with Crippen molar-refractivity contribution >= 4 is 25.8 Å². The number of carbonyl (C=O) groups excluding carboxylic acids is 1. The number of piperidine rings is 1. The Morgan fingerprint density at radius 3 is 2.31 bits per heavy atom. The molecule has 1 fully saturated rings. The van der Waals surface area contributed by atoms with Crippen molar-refractivity contribution in [2.75, 3.05) is 25.9 Å². The van der Waals surface area contributed by atoms with Crippen LogP contribution in [0.5, 0.6) is 0 Å². The van der Waals surface area contributed by atoms with Gasteiger partial charge in [0, 0.05) is 39.1 Å². The SMILES string of the molecule is Cn1cc(C(=O)NCC2CCN(S(=O)(=O)c3ccccc3S(C)(=O)=O)CC2)cn1. The van der Waals surface area contributed by atoms with Crippen molar-refractivity contribution in [1.29, 1.82) is 0 Å². The predicted molar refractivity (Wildman–Crippen MR) is 107 cm³/mol. The molecule has 11 heteroatoms. The molecule has 1 aliphatic heterocycles. The topological polar surface area (TPSA) is 118 Å². The van der Waals surface area contributed by atoms with Crippen molar-refractivity contribution in [2.24, 2.45) is 13.0 Å². The highest BCUT2D eigenvalue weighted by molar-refractivity contribution is 7.93. The van der Waals surface area contributed by atoms with Gasteiger partial charge in [-0.25, -0.2) is 16.8 Å². The van der Waals surface area contributed by atoms with Crippen LogP contribution >= 0.6 is 0 Å². The summed E-state index contributed by atoms with van der Waals surface area (Å²) in [6.07, 6.45) is 5.27. The maximum atomic E-state index is 13.0. The van der Waals surface area contributed by atoms with E-state index in [1.165, 1.54) is 34.8 Å². The van der Waals surface area contributed by atoms with E-state index in [1.807, 2.05) is 0 Å². The highest BCUT2D eigenvalue weighted by Gasteiger charge is 2.32. The third kappa shape index (κ3) is 4.85. The molecule has 0 aliphatic carbocycles. The standard InChI is InChI=1S/C18H24N4O5S2/c1-21-13-15(12-20-21)18(23)19-11-14-7-9-22(10-8-14)29(26,27)17-6-4-3-5-16(17)28(2,24)25/h3-6,12-14H,7-11H2,1-2H3,(H,19,23). The van der Waals surface area contributed by atoms with Gasteiger partial charge in [0.15, 0.2) is 9.84 Å². The van der Waals surface area contributed by atoms with Gasteiger partial charge in [-0.2, -0.15) is 9.40 Å². The molecule has 0 saturated carbocycles. The molecule has 0 atom stereocenters. The van der Waals surface area contributed by atoms with E-state index in [2.05, 4.69) is 10.4 Å². The summed E-state index contributed by atoms with van der Waals surface area (Å²) in [5.74, 6) is -0.0672. The van der Waals surface area contributed by atoms with Gasteiger partial charge in [0.25, 0.3) is 5.91 Å². The van der Waals surface area contributed by atoms with Gasteiger partial charge in [0.1, 0.15) is 4.90 Å². The summed E-state index contributed by atoms with van der Waals surface area (Å²) in [4.78, 5) is 11.7. The molecule has 1 aromatic heterocycles. The number of nitrogens with zero attached hydrogens (tertiary/aromatic N) is 3. The van der Waals surface area contributed by atoms with Crippen molar-refractivity contribution in [3.05, 3.63) is 42.2 Å². The number of sulfone groups is 1. The molecule has 0 unspecified atom stereocenters. The molecule has 2 heterocycles. The zero-order valence-electron chi connectivity index (χ0n) is 16.3. The number of hydrogen-bond acceptors (Lipinski definition) is 6. The molecule has 0 bridgehead atoms. The maximum Gasteiger partial charge on any atom is 0.254 e. The summed E-state index contributed by atoms with van der Waals surface area (Å²) in [5.41, 5.74) is 0.477. The van der Waals surface area contributed by atoms with Gasteiger partial charge in [-0.15, -0.1) is 0 Å². The van der Waals surface area contributed by atoms with Crippen LogP contribution < -0.4 is 5.32 Å². The lowest BCUT2D eigenvalue weighted by molar-refractivity contribution is 0.0941. The fraction of sp³-hybridized carbons (Fsp3) is 0.444. The lowest BCUT2D eigenvalue weighted by Gasteiger charge is -2.31. The molecule has 3 rings (SSSR count). The second kappa shape index (κ2) is 8.25. The largest absolute Gasteiger partial charge is 0.352 e. The number of aromatic nitrogens is 2. The van der Waals surface area contributed by atoms with Crippen LogP contribution in [0.15, 0.2) is 46.5 Å². The molecular weight excluding hydrogens is 416 g/mol. The van der Waals surface area contributed by atoms with Gasteiger partial charge in [0.2, 0.25) is 10.0 Å². The lowest BCUT2D eigenvalue weighted by Crippen LogP contribution is -2.41. The predicted octanol–water partition coefficient (Wildman–Crippen LogP) is 0.654. The van der Waals surface area contributed by atoms with Gasteiger partial charge in [-0.3, -0.25) is 9.48 Å². The molecular formula is C18H24N4O5S2.